The van der Waals surface area contributed by atoms with Crippen LogP contribution in [0.3, 0.4) is 0 Å². The molecule has 1 aromatic rings. The predicted molar refractivity (Wildman–Crippen MR) is 84.9 cm³/mol. The fraction of sp³-hybridized carbons (Fsp3) is 0.667. The molecule has 1 N–H and O–H groups in total. The summed E-state index contributed by atoms with van der Waals surface area (Å²) in [4.78, 5) is 2.62. The molecule has 1 heterocycles. The molecule has 0 bridgehead atoms. The quantitative estimate of drug-likeness (QED) is 0.910. The average molecular weight is 290 g/mol. The summed E-state index contributed by atoms with van der Waals surface area (Å²) in [5, 5.41) is 3.66. The highest BCUT2D eigenvalue weighted by Gasteiger charge is 2.31. The van der Waals surface area contributed by atoms with Gasteiger partial charge in [-0.2, -0.15) is 0 Å². The van der Waals surface area contributed by atoms with Crippen molar-refractivity contribution in [3.63, 3.8) is 0 Å². The van der Waals surface area contributed by atoms with E-state index in [0.29, 0.717) is 18.1 Å². The van der Waals surface area contributed by atoms with E-state index in [4.69, 9.17) is 0 Å². The van der Waals surface area contributed by atoms with E-state index in [2.05, 4.69) is 24.1 Å². The summed E-state index contributed by atoms with van der Waals surface area (Å²) in [7, 11) is 0. The van der Waals surface area contributed by atoms with Gasteiger partial charge in [-0.25, -0.2) is 4.39 Å². The van der Waals surface area contributed by atoms with Crippen LogP contribution >= 0.6 is 0 Å². The summed E-state index contributed by atoms with van der Waals surface area (Å²) >= 11 is 0. The first kappa shape index (κ1) is 15.0. The Hall–Kier alpha value is -0.930. The van der Waals surface area contributed by atoms with Gasteiger partial charge in [-0.05, 0) is 69.3 Å². The third kappa shape index (κ3) is 3.29. The van der Waals surface area contributed by atoms with Gasteiger partial charge in [0.2, 0.25) is 0 Å². The molecular weight excluding hydrogens is 263 g/mol. The van der Waals surface area contributed by atoms with Crippen LogP contribution in [-0.2, 0) is 6.42 Å². The smallest absolute Gasteiger partial charge is 0.123 e. The minimum Gasteiger partial charge on any atom is -0.313 e. The molecule has 1 aliphatic heterocycles. The van der Waals surface area contributed by atoms with Gasteiger partial charge >= 0.3 is 0 Å². The third-order valence-corrected chi connectivity index (χ3v) is 5.06. The zero-order valence-electron chi connectivity index (χ0n) is 13.2. The lowest BCUT2D eigenvalue weighted by Crippen LogP contribution is -2.46. The van der Waals surface area contributed by atoms with Gasteiger partial charge in [0.15, 0.2) is 0 Å². The summed E-state index contributed by atoms with van der Waals surface area (Å²) in [5.74, 6) is -0.0977. The second-order valence-corrected chi connectivity index (χ2v) is 6.83. The molecular formula is C18H27FN2. The van der Waals surface area contributed by atoms with Crippen molar-refractivity contribution in [2.75, 3.05) is 13.1 Å². The van der Waals surface area contributed by atoms with Crippen LogP contribution in [0.2, 0.25) is 0 Å². The van der Waals surface area contributed by atoms with Crippen molar-refractivity contribution in [1.82, 2.24) is 10.2 Å². The molecule has 0 spiro atoms. The maximum Gasteiger partial charge on any atom is 0.123 e. The van der Waals surface area contributed by atoms with Gasteiger partial charge in [0.1, 0.15) is 5.82 Å². The number of nitrogens with one attached hydrogen (secondary N) is 1. The van der Waals surface area contributed by atoms with Crippen molar-refractivity contribution in [3.8, 4) is 0 Å². The summed E-state index contributed by atoms with van der Waals surface area (Å²) in [6.07, 6.45) is 6.08. The van der Waals surface area contributed by atoms with Gasteiger partial charge < -0.3 is 5.32 Å². The largest absolute Gasteiger partial charge is 0.313 e. The Balaban J connectivity index is 1.76. The Bertz CT molecular complexity index is 480. The van der Waals surface area contributed by atoms with Crippen LogP contribution in [0.1, 0.15) is 56.7 Å². The summed E-state index contributed by atoms with van der Waals surface area (Å²) in [5.41, 5.74) is 2.56. The lowest BCUT2D eigenvalue weighted by atomic mass is 10.0. The number of hydrogen-bond donors (Lipinski definition) is 1. The zero-order valence-corrected chi connectivity index (χ0v) is 13.2. The highest BCUT2D eigenvalue weighted by molar-refractivity contribution is 5.35. The molecule has 21 heavy (non-hydrogen) atoms. The van der Waals surface area contributed by atoms with E-state index in [1.807, 2.05) is 6.07 Å². The highest BCUT2D eigenvalue weighted by atomic mass is 19.1. The van der Waals surface area contributed by atoms with E-state index < -0.39 is 0 Å². The maximum absolute atomic E-state index is 13.4. The van der Waals surface area contributed by atoms with Crippen molar-refractivity contribution in [3.05, 3.63) is 35.1 Å². The molecule has 1 aliphatic carbocycles. The lowest BCUT2D eigenvalue weighted by Gasteiger charge is -2.37. The standard InChI is InChI=1S/C18H27FN2/c1-13(2)21(12-16-5-3-4-10-20-16)18-9-6-14-11-15(19)7-8-17(14)18/h7-8,11,13,16,18,20H,3-6,9-10,12H2,1-2H3. The fourth-order valence-corrected chi connectivity index (χ4v) is 3.94. The number of aryl methyl sites for hydroxylation is 1. The van der Waals surface area contributed by atoms with E-state index in [-0.39, 0.29) is 5.82 Å². The van der Waals surface area contributed by atoms with E-state index in [1.165, 1.54) is 30.4 Å². The van der Waals surface area contributed by atoms with E-state index in [1.54, 1.807) is 12.1 Å². The van der Waals surface area contributed by atoms with Crippen molar-refractivity contribution in [2.24, 2.45) is 0 Å². The summed E-state index contributed by atoms with van der Waals surface area (Å²) < 4.78 is 13.4. The molecule has 0 saturated carbocycles. The minimum atomic E-state index is -0.0977. The van der Waals surface area contributed by atoms with Gasteiger partial charge in [-0.1, -0.05) is 12.5 Å². The van der Waals surface area contributed by atoms with Crippen molar-refractivity contribution >= 4 is 0 Å². The van der Waals surface area contributed by atoms with Crippen LogP contribution in [0.25, 0.3) is 0 Å². The predicted octanol–water partition coefficient (Wildman–Crippen LogP) is 3.67. The van der Waals surface area contributed by atoms with Gasteiger partial charge in [0.25, 0.3) is 0 Å². The van der Waals surface area contributed by atoms with Crippen LogP contribution in [0.4, 0.5) is 4.39 Å². The Morgan fingerprint density at radius 1 is 1.29 bits per heavy atom. The van der Waals surface area contributed by atoms with Crippen LogP contribution in [0.15, 0.2) is 18.2 Å². The zero-order chi connectivity index (χ0) is 14.8. The number of nitrogens with zero attached hydrogens (tertiary/aromatic N) is 1. The second kappa shape index (κ2) is 6.45. The molecule has 0 aromatic heterocycles. The topological polar surface area (TPSA) is 15.3 Å². The molecule has 1 saturated heterocycles. The van der Waals surface area contributed by atoms with Crippen molar-refractivity contribution < 1.29 is 4.39 Å². The first-order chi connectivity index (χ1) is 10.1. The fourth-order valence-electron chi connectivity index (χ4n) is 3.94. The molecule has 2 unspecified atom stereocenters. The average Bonchev–Trinajstić information content (AvgIpc) is 2.88. The van der Waals surface area contributed by atoms with Crippen LogP contribution in [-0.4, -0.2) is 30.1 Å². The number of piperidine rings is 1. The van der Waals surface area contributed by atoms with Crippen LogP contribution < -0.4 is 5.32 Å². The lowest BCUT2D eigenvalue weighted by molar-refractivity contribution is 0.128. The van der Waals surface area contributed by atoms with Crippen molar-refractivity contribution in [2.45, 2.75) is 64.1 Å². The van der Waals surface area contributed by atoms with E-state index in [9.17, 15) is 4.39 Å². The Labute approximate surface area is 127 Å². The minimum absolute atomic E-state index is 0.0977. The number of hydrogen-bond acceptors (Lipinski definition) is 2. The van der Waals surface area contributed by atoms with Crippen LogP contribution in [0.5, 0.6) is 0 Å². The number of rotatable bonds is 4. The molecule has 1 fully saturated rings. The maximum atomic E-state index is 13.4. The highest BCUT2D eigenvalue weighted by Crippen LogP contribution is 2.37. The van der Waals surface area contributed by atoms with Gasteiger partial charge in [-0.3, -0.25) is 4.90 Å². The Kier molecular flexibility index (Phi) is 4.60. The molecule has 0 amide bonds. The monoisotopic (exact) mass is 290 g/mol. The van der Waals surface area contributed by atoms with Crippen LogP contribution in [0, 0.1) is 5.82 Å². The molecule has 3 heteroatoms. The first-order valence-electron chi connectivity index (χ1n) is 8.42. The molecule has 2 aliphatic rings. The van der Waals surface area contributed by atoms with E-state index >= 15 is 0 Å². The van der Waals surface area contributed by atoms with Gasteiger partial charge in [0.05, 0.1) is 0 Å². The molecule has 2 nitrogen and oxygen atoms in total. The molecule has 3 rings (SSSR count). The molecule has 0 radical (unpaired) electrons. The number of benzene rings is 1. The second-order valence-electron chi connectivity index (χ2n) is 6.83. The first-order valence-corrected chi connectivity index (χ1v) is 8.42. The SMILES string of the molecule is CC(C)N(CC1CCCCN1)C1CCc2cc(F)ccc21. The Morgan fingerprint density at radius 3 is 2.86 bits per heavy atom. The summed E-state index contributed by atoms with van der Waals surface area (Å²) in [6.45, 7) is 6.83. The number of fused-ring (bicyclic) bond motifs is 1. The Morgan fingerprint density at radius 2 is 2.14 bits per heavy atom. The molecule has 116 valence electrons. The molecule has 1 aromatic carbocycles. The third-order valence-electron chi connectivity index (χ3n) is 5.06. The van der Waals surface area contributed by atoms with Gasteiger partial charge in [-0.15, -0.1) is 0 Å². The van der Waals surface area contributed by atoms with Crippen molar-refractivity contribution in [1.29, 1.82) is 0 Å². The number of halogens is 1. The normalized spacial score (nSPS) is 25.6. The van der Waals surface area contributed by atoms with Gasteiger partial charge in [0, 0.05) is 24.7 Å². The molecule has 2 atom stereocenters. The van der Waals surface area contributed by atoms with E-state index in [0.717, 1.165) is 25.9 Å². The summed E-state index contributed by atoms with van der Waals surface area (Å²) in [6, 6.07) is 6.96.